The fourth-order valence-corrected chi connectivity index (χ4v) is 1.91. The minimum atomic E-state index is -0.593. The smallest absolute Gasteiger partial charge is 0.0928 e. The van der Waals surface area contributed by atoms with Gasteiger partial charge in [-0.3, -0.25) is 0 Å². The third-order valence-corrected chi connectivity index (χ3v) is 3.06. The van der Waals surface area contributed by atoms with E-state index in [-0.39, 0.29) is 6.61 Å². The first kappa shape index (κ1) is 14.5. The van der Waals surface area contributed by atoms with Crippen molar-refractivity contribution in [3.8, 4) is 0 Å². The van der Waals surface area contributed by atoms with Crippen LogP contribution in [-0.4, -0.2) is 29.9 Å². The molecule has 0 radical (unpaired) electrons. The Labute approximate surface area is 107 Å². The van der Waals surface area contributed by atoms with Crippen LogP contribution in [-0.2, 0) is 0 Å². The molecule has 0 saturated carbocycles. The summed E-state index contributed by atoms with van der Waals surface area (Å²) in [4.78, 5) is 0. The molecule has 3 nitrogen and oxygen atoms in total. The number of hydrogen-bond donors (Lipinski definition) is 3. The Kier molecular flexibility index (Phi) is 6.52. The predicted molar refractivity (Wildman–Crippen MR) is 70.1 cm³/mol. The van der Waals surface area contributed by atoms with Gasteiger partial charge in [-0.2, -0.15) is 0 Å². The molecule has 0 fully saturated rings. The maximum Gasteiger partial charge on any atom is 0.0928 e. The second-order valence-corrected chi connectivity index (χ2v) is 4.72. The molecular weight excluding hydrogens is 238 g/mol. The Morgan fingerprint density at radius 1 is 1.29 bits per heavy atom. The van der Waals surface area contributed by atoms with Crippen molar-refractivity contribution in [1.29, 1.82) is 0 Å². The molecule has 0 aliphatic heterocycles. The van der Waals surface area contributed by atoms with Gasteiger partial charge in [0.25, 0.3) is 0 Å². The van der Waals surface area contributed by atoms with Crippen LogP contribution in [0, 0.1) is 5.92 Å². The molecule has 0 aliphatic carbocycles. The number of benzene rings is 1. The molecule has 1 aromatic carbocycles. The van der Waals surface area contributed by atoms with Crippen molar-refractivity contribution in [3.63, 3.8) is 0 Å². The molecule has 0 bridgehead atoms. The van der Waals surface area contributed by atoms with E-state index in [4.69, 9.17) is 16.7 Å². The molecule has 0 saturated heterocycles. The van der Waals surface area contributed by atoms with E-state index >= 15 is 0 Å². The van der Waals surface area contributed by atoms with Gasteiger partial charge in [-0.15, -0.1) is 0 Å². The summed E-state index contributed by atoms with van der Waals surface area (Å²) in [6.45, 7) is 3.52. The highest BCUT2D eigenvalue weighted by Gasteiger charge is 2.10. The van der Waals surface area contributed by atoms with E-state index in [1.165, 1.54) is 0 Å². The Balaban J connectivity index is 2.35. The molecule has 0 aliphatic rings. The molecular formula is C13H20ClNO2. The maximum atomic E-state index is 9.95. The van der Waals surface area contributed by atoms with E-state index in [1.54, 1.807) is 6.07 Å². The van der Waals surface area contributed by atoms with Gasteiger partial charge in [0.15, 0.2) is 0 Å². The summed E-state index contributed by atoms with van der Waals surface area (Å²) in [5.74, 6) is 0.401. The zero-order valence-corrected chi connectivity index (χ0v) is 10.8. The quantitative estimate of drug-likeness (QED) is 0.700. The second kappa shape index (κ2) is 7.67. The topological polar surface area (TPSA) is 52.5 Å². The van der Waals surface area contributed by atoms with Crippen LogP contribution in [0.5, 0.6) is 0 Å². The van der Waals surface area contributed by atoms with E-state index in [2.05, 4.69) is 12.2 Å². The Bertz CT molecular complexity index is 333. The fourth-order valence-electron chi connectivity index (χ4n) is 1.64. The summed E-state index contributed by atoms with van der Waals surface area (Å²) >= 11 is 5.99. The van der Waals surface area contributed by atoms with Crippen molar-refractivity contribution < 1.29 is 10.2 Å². The first-order chi connectivity index (χ1) is 8.15. The highest BCUT2D eigenvalue weighted by molar-refractivity contribution is 6.31. The Morgan fingerprint density at radius 2 is 2.00 bits per heavy atom. The van der Waals surface area contributed by atoms with Crippen LogP contribution in [0.4, 0.5) is 0 Å². The third kappa shape index (κ3) is 5.04. The lowest BCUT2D eigenvalue weighted by atomic mass is 10.1. The molecule has 2 atom stereocenters. The van der Waals surface area contributed by atoms with Crippen LogP contribution in [0.15, 0.2) is 24.3 Å². The predicted octanol–water partition coefficient (Wildman–Crippen LogP) is 1.98. The number of nitrogens with one attached hydrogen (secondary N) is 1. The largest absolute Gasteiger partial charge is 0.396 e. The van der Waals surface area contributed by atoms with Crippen LogP contribution < -0.4 is 5.32 Å². The third-order valence-electron chi connectivity index (χ3n) is 2.72. The summed E-state index contributed by atoms with van der Waals surface area (Å²) in [7, 11) is 0. The average molecular weight is 258 g/mol. The lowest BCUT2D eigenvalue weighted by molar-refractivity contribution is 0.171. The van der Waals surface area contributed by atoms with Crippen LogP contribution in [0.2, 0.25) is 5.02 Å². The molecule has 4 heteroatoms. The van der Waals surface area contributed by atoms with Crippen LogP contribution in [0.3, 0.4) is 0 Å². The lowest BCUT2D eigenvalue weighted by Crippen LogP contribution is -2.26. The highest BCUT2D eigenvalue weighted by atomic mass is 35.5. The summed E-state index contributed by atoms with van der Waals surface area (Å²) < 4.78 is 0. The molecule has 17 heavy (non-hydrogen) atoms. The standard InChI is InChI=1S/C13H20ClNO2/c1-10(6-7-16)8-15-9-13(17)11-4-2-3-5-12(11)14/h2-5,10,13,15-17H,6-9H2,1H3. The van der Waals surface area contributed by atoms with Crippen molar-refractivity contribution in [3.05, 3.63) is 34.9 Å². The monoisotopic (exact) mass is 257 g/mol. The second-order valence-electron chi connectivity index (χ2n) is 4.31. The normalized spacial score (nSPS) is 14.6. The van der Waals surface area contributed by atoms with E-state index in [0.29, 0.717) is 17.5 Å². The fraction of sp³-hybridized carbons (Fsp3) is 0.538. The molecule has 0 aromatic heterocycles. The average Bonchev–Trinajstić information content (AvgIpc) is 2.29. The summed E-state index contributed by atoms with van der Waals surface area (Å²) in [5.41, 5.74) is 0.747. The molecule has 0 heterocycles. The van der Waals surface area contributed by atoms with Crippen LogP contribution in [0.25, 0.3) is 0 Å². The number of rotatable bonds is 7. The van der Waals surface area contributed by atoms with Gasteiger partial charge in [-0.25, -0.2) is 0 Å². The van der Waals surface area contributed by atoms with Gasteiger partial charge in [-0.05, 0) is 24.9 Å². The van der Waals surface area contributed by atoms with Crippen molar-refractivity contribution in [2.75, 3.05) is 19.7 Å². The molecule has 2 unspecified atom stereocenters. The summed E-state index contributed by atoms with van der Waals surface area (Å²) in [5, 5.41) is 22.5. The van der Waals surface area contributed by atoms with Gasteiger partial charge >= 0.3 is 0 Å². The number of halogens is 1. The SMILES string of the molecule is CC(CCO)CNCC(O)c1ccccc1Cl. The first-order valence-corrected chi connectivity index (χ1v) is 6.27. The zero-order chi connectivity index (χ0) is 12.7. The van der Waals surface area contributed by atoms with Crippen molar-refractivity contribution in [2.45, 2.75) is 19.4 Å². The van der Waals surface area contributed by atoms with Gasteiger partial charge < -0.3 is 15.5 Å². The summed E-state index contributed by atoms with van der Waals surface area (Å²) in [6.07, 6.45) is 0.180. The van der Waals surface area contributed by atoms with Crippen LogP contribution >= 0.6 is 11.6 Å². The van der Waals surface area contributed by atoms with E-state index in [9.17, 15) is 5.11 Å². The van der Waals surface area contributed by atoms with Gasteiger partial charge in [0.05, 0.1) is 6.10 Å². The van der Waals surface area contributed by atoms with Crippen molar-refractivity contribution in [1.82, 2.24) is 5.32 Å². The first-order valence-electron chi connectivity index (χ1n) is 5.89. The van der Waals surface area contributed by atoms with Gasteiger partial charge in [0.1, 0.15) is 0 Å². The minimum absolute atomic E-state index is 0.204. The van der Waals surface area contributed by atoms with Crippen molar-refractivity contribution >= 4 is 11.6 Å². The van der Waals surface area contributed by atoms with E-state index < -0.39 is 6.10 Å². The van der Waals surface area contributed by atoms with Crippen LogP contribution in [0.1, 0.15) is 25.0 Å². The Morgan fingerprint density at radius 3 is 2.65 bits per heavy atom. The minimum Gasteiger partial charge on any atom is -0.396 e. The molecule has 0 amide bonds. The molecule has 0 spiro atoms. The van der Waals surface area contributed by atoms with Crippen molar-refractivity contribution in [2.24, 2.45) is 5.92 Å². The van der Waals surface area contributed by atoms with E-state index in [0.717, 1.165) is 18.5 Å². The number of hydrogen-bond acceptors (Lipinski definition) is 3. The lowest BCUT2D eigenvalue weighted by Gasteiger charge is -2.16. The van der Waals surface area contributed by atoms with Gasteiger partial charge in [0, 0.05) is 23.7 Å². The van der Waals surface area contributed by atoms with Gasteiger partial charge in [0.2, 0.25) is 0 Å². The molecule has 1 aromatic rings. The summed E-state index contributed by atoms with van der Waals surface area (Å²) in [6, 6.07) is 7.30. The molecule has 96 valence electrons. The maximum absolute atomic E-state index is 9.95. The van der Waals surface area contributed by atoms with Gasteiger partial charge in [-0.1, -0.05) is 36.7 Å². The number of aliphatic hydroxyl groups is 2. The molecule has 3 N–H and O–H groups in total. The molecule has 1 rings (SSSR count). The zero-order valence-electron chi connectivity index (χ0n) is 10.1. The number of aliphatic hydroxyl groups excluding tert-OH is 2. The Hall–Kier alpha value is -0.610. The van der Waals surface area contributed by atoms with E-state index in [1.807, 2.05) is 18.2 Å². The highest BCUT2D eigenvalue weighted by Crippen LogP contribution is 2.21.